The van der Waals surface area contributed by atoms with E-state index in [4.69, 9.17) is 16.7 Å². The van der Waals surface area contributed by atoms with E-state index in [-0.39, 0.29) is 21.5 Å². The first-order valence-electron chi connectivity index (χ1n) is 4.19. The second-order valence-corrected chi connectivity index (χ2v) is 3.92. The Hall–Kier alpha value is -0.750. The van der Waals surface area contributed by atoms with Gasteiger partial charge in [0.15, 0.2) is 0 Å². The number of aliphatic carboxylic acids is 1. The van der Waals surface area contributed by atoms with Gasteiger partial charge < -0.3 is 5.11 Å². The second kappa shape index (κ2) is 5.54. The number of carbonyl (C=O) groups is 1. The maximum absolute atomic E-state index is 12.6. The lowest BCUT2D eigenvalue weighted by Gasteiger charge is -2.11. The van der Waals surface area contributed by atoms with Crippen molar-refractivity contribution in [3.63, 3.8) is 0 Å². The normalized spacial score (nSPS) is 10.8. The Labute approximate surface area is 104 Å². The molecule has 7 heteroatoms. The fraction of sp³-hybridized carbons (Fsp3) is 0.333. The Morgan fingerprint density at radius 3 is 2.62 bits per heavy atom. The van der Waals surface area contributed by atoms with Crippen molar-refractivity contribution in [1.29, 1.82) is 0 Å². The highest BCUT2D eigenvalue weighted by Gasteiger charge is 2.20. The molecule has 0 saturated heterocycles. The summed E-state index contributed by atoms with van der Waals surface area (Å²) in [5, 5.41) is 8.83. The van der Waals surface area contributed by atoms with Crippen LogP contribution in [0.15, 0.2) is 6.20 Å². The maximum Gasteiger partial charge on any atom is 0.307 e. The molecule has 0 unspecified atom stereocenters. The minimum absolute atomic E-state index is 0.0845. The van der Waals surface area contributed by atoms with Gasteiger partial charge in [0.1, 0.15) is 5.69 Å². The lowest BCUT2D eigenvalue weighted by molar-refractivity contribution is -0.136. The van der Waals surface area contributed by atoms with Crippen LogP contribution in [0, 0.1) is 0 Å². The summed E-state index contributed by atoms with van der Waals surface area (Å²) in [6, 6.07) is 0. The van der Waals surface area contributed by atoms with Gasteiger partial charge in [-0.15, -0.1) is 0 Å². The molecule has 88 valence electrons. The molecule has 3 nitrogen and oxygen atoms in total. The van der Waals surface area contributed by atoms with Crippen molar-refractivity contribution in [3.05, 3.63) is 28.0 Å². The highest BCUT2D eigenvalue weighted by molar-refractivity contribution is 9.08. The minimum atomic E-state index is -2.75. The van der Waals surface area contributed by atoms with Crippen LogP contribution >= 0.6 is 27.5 Å². The van der Waals surface area contributed by atoms with Gasteiger partial charge in [-0.25, -0.2) is 8.78 Å². The number of aromatic nitrogens is 1. The van der Waals surface area contributed by atoms with E-state index in [0.29, 0.717) is 0 Å². The molecule has 1 aromatic rings. The van der Waals surface area contributed by atoms with Crippen molar-refractivity contribution in [2.24, 2.45) is 0 Å². The topological polar surface area (TPSA) is 50.2 Å². The SMILES string of the molecule is O=C(O)Cc1c(Cl)cnc(C(F)F)c1CBr. The minimum Gasteiger partial charge on any atom is -0.481 e. The van der Waals surface area contributed by atoms with Crippen LogP contribution in [-0.2, 0) is 16.5 Å². The van der Waals surface area contributed by atoms with Crippen LogP contribution in [0.5, 0.6) is 0 Å². The molecule has 0 spiro atoms. The summed E-state index contributed by atoms with van der Waals surface area (Å²) in [6.45, 7) is 0. The maximum atomic E-state index is 12.6. The van der Waals surface area contributed by atoms with Gasteiger partial charge in [-0.1, -0.05) is 27.5 Å². The number of carboxylic acid groups (broad SMARTS) is 1. The Kier molecular flexibility index (Phi) is 4.61. The molecule has 0 bridgehead atoms. The summed E-state index contributed by atoms with van der Waals surface area (Å²) < 4.78 is 25.2. The fourth-order valence-electron chi connectivity index (χ4n) is 1.26. The van der Waals surface area contributed by atoms with Crippen LogP contribution in [0.3, 0.4) is 0 Å². The molecule has 1 heterocycles. The third-order valence-corrected chi connectivity index (χ3v) is 2.83. The third kappa shape index (κ3) is 2.89. The molecule has 0 aromatic carbocycles. The van der Waals surface area contributed by atoms with E-state index in [1.165, 1.54) is 0 Å². The predicted octanol–water partition coefficient (Wildman–Crippen LogP) is 3.19. The smallest absolute Gasteiger partial charge is 0.307 e. The van der Waals surface area contributed by atoms with Gasteiger partial charge in [0.25, 0.3) is 6.43 Å². The average Bonchev–Trinajstić information content (AvgIpc) is 2.19. The second-order valence-electron chi connectivity index (χ2n) is 2.95. The zero-order chi connectivity index (χ0) is 12.3. The summed E-state index contributed by atoms with van der Waals surface area (Å²) >= 11 is 8.76. The number of hydrogen-bond acceptors (Lipinski definition) is 2. The number of carboxylic acids is 1. The van der Waals surface area contributed by atoms with Crippen molar-refractivity contribution in [3.8, 4) is 0 Å². The number of alkyl halides is 3. The molecule has 1 rings (SSSR count). The van der Waals surface area contributed by atoms with Crippen LogP contribution in [-0.4, -0.2) is 16.1 Å². The van der Waals surface area contributed by atoms with Crippen LogP contribution in [0.25, 0.3) is 0 Å². The zero-order valence-corrected chi connectivity index (χ0v) is 10.2. The van der Waals surface area contributed by atoms with Crippen LogP contribution in [0.1, 0.15) is 23.2 Å². The Morgan fingerprint density at radius 2 is 2.19 bits per heavy atom. The number of hydrogen-bond donors (Lipinski definition) is 1. The van der Waals surface area contributed by atoms with E-state index in [2.05, 4.69) is 20.9 Å². The number of nitrogens with zero attached hydrogens (tertiary/aromatic N) is 1. The standard InChI is InChI=1S/C9H7BrClF2NO2/c10-2-5-4(1-7(15)16)6(11)3-14-8(5)9(12)13/h3,9H,1-2H2,(H,15,16). The van der Waals surface area contributed by atoms with E-state index in [1.54, 1.807) is 0 Å². The van der Waals surface area contributed by atoms with Crippen LogP contribution in [0.4, 0.5) is 8.78 Å². The molecule has 0 radical (unpaired) electrons. The highest BCUT2D eigenvalue weighted by atomic mass is 79.9. The van der Waals surface area contributed by atoms with E-state index in [1.807, 2.05) is 0 Å². The Morgan fingerprint density at radius 1 is 1.56 bits per heavy atom. The Balaban J connectivity index is 3.32. The van der Waals surface area contributed by atoms with Gasteiger partial charge >= 0.3 is 5.97 Å². The van der Waals surface area contributed by atoms with Crippen LogP contribution < -0.4 is 0 Å². The quantitative estimate of drug-likeness (QED) is 0.868. The molecule has 0 aliphatic heterocycles. The number of pyridine rings is 1. The van der Waals surface area contributed by atoms with Crippen molar-refractivity contribution in [1.82, 2.24) is 4.98 Å². The van der Waals surface area contributed by atoms with Crippen molar-refractivity contribution in [2.75, 3.05) is 0 Å². The molecule has 0 amide bonds. The third-order valence-electron chi connectivity index (χ3n) is 1.95. The molecule has 0 saturated carbocycles. The van der Waals surface area contributed by atoms with E-state index >= 15 is 0 Å². The summed E-state index contributed by atoms with van der Waals surface area (Å²) in [5.74, 6) is -1.13. The van der Waals surface area contributed by atoms with Gasteiger partial charge in [0.05, 0.1) is 11.4 Å². The Bertz CT molecular complexity index is 415. The molecule has 1 aromatic heterocycles. The van der Waals surface area contributed by atoms with Gasteiger partial charge in [0.2, 0.25) is 0 Å². The fourth-order valence-corrected chi connectivity index (χ4v) is 2.12. The van der Waals surface area contributed by atoms with Gasteiger partial charge in [-0.05, 0) is 11.1 Å². The lowest BCUT2D eigenvalue weighted by Crippen LogP contribution is -2.08. The molecule has 0 aliphatic rings. The first kappa shape index (κ1) is 13.3. The van der Waals surface area contributed by atoms with Crippen molar-refractivity contribution in [2.45, 2.75) is 18.2 Å². The zero-order valence-electron chi connectivity index (χ0n) is 7.88. The first-order chi connectivity index (χ1) is 7.47. The van der Waals surface area contributed by atoms with E-state index < -0.39 is 24.5 Å². The first-order valence-corrected chi connectivity index (χ1v) is 5.69. The lowest BCUT2D eigenvalue weighted by atomic mass is 10.1. The molecular weight excluding hydrogens is 307 g/mol. The predicted molar refractivity (Wildman–Crippen MR) is 58.2 cm³/mol. The molecule has 1 N–H and O–H groups in total. The van der Waals surface area contributed by atoms with Gasteiger partial charge in [0, 0.05) is 11.5 Å². The highest BCUT2D eigenvalue weighted by Crippen LogP contribution is 2.29. The van der Waals surface area contributed by atoms with Gasteiger partial charge in [-0.3, -0.25) is 9.78 Å². The molecule has 16 heavy (non-hydrogen) atoms. The van der Waals surface area contributed by atoms with Crippen molar-refractivity contribution < 1.29 is 18.7 Å². The molecule has 0 fully saturated rings. The molecule has 0 atom stereocenters. The monoisotopic (exact) mass is 313 g/mol. The number of halogens is 4. The van der Waals surface area contributed by atoms with Crippen molar-refractivity contribution >= 4 is 33.5 Å². The van der Waals surface area contributed by atoms with Crippen LogP contribution in [0.2, 0.25) is 5.02 Å². The summed E-state index contributed by atoms with van der Waals surface area (Å²) in [4.78, 5) is 14.1. The summed E-state index contributed by atoms with van der Waals surface area (Å²) in [5.41, 5.74) is -0.112. The van der Waals surface area contributed by atoms with Gasteiger partial charge in [-0.2, -0.15) is 0 Å². The average molecular weight is 315 g/mol. The summed E-state index contributed by atoms with van der Waals surface area (Å²) in [6.07, 6.45) is -2.10. The van der Waals surface area contributed by atoms with E-state index in [9.17, 15) is 13.6 Å². The summed E-state index contributed by atoms with van der Waals surface area (Å²) in [7, 11) is 0. The molecule has 0 aliphatic carbocycles. The number of rotatable bonds is 4. The molecular formula is C9H7BrClF2NO2. The largest absolute Gasteiger partial charge is 0.481 e. The van der Waals surface area contributed by atoms with E-state index in [0.717, 1.165) is 6.20 Å².